The minimum Gasteiger partial charge on any atom is -0.369 e. The Balaban J connectivity index is 2.18. The Morgan fingerprint density at radius 1 is 1.25 bits per heavy atom. The van der Waals surface area contributed by atoms with Gasteiger partial charge < -0.3 is 10.6 Å². The van der Waals surface area contributed by atoms with Gasteiger partial charge in [-0.05, 0) is 25.1 Å². The first-order valence-electron chi connectivity index (χ1n) is 5.93. The molecule has 104 valence electrons. The second-order valence-electron chi connectivity index (χ2n) is 3.87. The fraction of sp³-hybridized carbons (Fsp3) is 0.154. The fourth-order valence-corrected chi connectivity index (χ4v) is 1.92. The Morgan fingerprint density at radius 2 is 2.05 bits per heavy atom. The summed E-state index contributed by atoms with van der Waals surface area (Å²) in [5.41, 5.74) is 0.332. The molecule has 0 aromatic carbocycles. The number of rotatable bonds is 4. The zero-order chi connectivity index (χ0) is 14.5. The molecular weight excluding hydrogens is 299 g/mol. The van der Waals surface area contributed by atoms with Crippen LogP contribution in [0.4, 0.5) is 11.6 Å². The third-order valence-electron chi connectivity index (χ3n) is 2.44. The summed E-state index contributed by atoms with van der Waals surface area (Å²) in [5.74, 6) is 0.468. The summed E-state index contributed by atoms with van der Waals surface area (Å²) in [4.78, 5) is 20.1. The molecule has 1 amide bonds. The van der Waals surface area contributed by atoms with Gasteiger partial charge in [-0.2, -0.15) is 0 Å². The molecule has 7 heteroatoms. The van der Waals surface area contributed by atoms with Crippen molar-refractivity contribution in [1.82, 2.24) is 9.97 Å². The van der Waals surface area contributed by atoms with Crippen LogP contribution in [0.5, 0.6) is 0 Å². The molecule has 20 heavy (non-hydrogen) atoms. The number of halogens is 2. The van der Waals surface area contributed by atoms with E-state index in [-0.39, 0.29) is 5.91 Å². The molecule has 0 fully saturated rings. The first kappa shape index (κ1) is 14.6. The molecule has 0 spiro atoms. The predicted octanol–water partition coefficient (Wildman–Crippen LogP) is 3.47. The van der Waals surface area contributed by atoms with Crippen molar-refractivity contribution in [2.75, 3.05) is 17.2 Å². The molecular formula is C13H12Cl2N4O. The van der Waals surface area contributed by atoms with Crippen LogP contribution in [0.1, 0.15) is 17.3 Å². The molecule has 2 aromatic rings. The Bertz CT molecular complexity index is 634. The van der Waals surface area contributed by atoms with E-state index < -0.39 is 0 Å². The number of carbonyl (C=O) groups is 1. The highest BCUT2D eigenvalue weighted by Gasteiger charge is 2.12. The maximum absolute atomic E-state index is 12.1. The second kappa shape index (κ2) is 6.54. The van der Waals surface area contributed by atoms with Crippen LogP contribution in [-0.4, -0.2) is 22.4 Å². The highest BCUT2D eigenvalue weighted by Crippen LogP contribution is 2.22. The largest absolute Gasteiger partial charge is 0.369 e. The summed E-state index contributed by atoms with van der Waals surface area (Å²) in [7, 11) is 0. The van der Waals surface area contributed by atoms with Crippen LogP contribution in [0.2, 0.25) is 10.0 Å². The lowest BCUT2D eigenvalue weighted by molar-refractivity contribution is 0.102. The average Bonchev–Trinajstić information content (AvgIpc) is 2.43. The summed E-state index contributed by atoms with van der Waals surface area (Å²) in [6, 6.07) is 4.87. The first-order valence-corrected chi connectivity index (χ1v) is 6.68. The lowest BCUT2D eigenvalue weighted by atomic mass is 10.2. The van der Waals surface area contributed by atoms with E-state index in [4.69, 9.17) is 23.2 Å². The van der Waals surface area contributed by atoms with Crippen LogP contribution >= 0.6 is 23.2 Å². The van der Waals surface area contributed by atoms with Crippen molar-refractivity contribution in [2.24, 2.45) is 0 Å². The van der Waals surface area contributed by atoms with Crippen LogP contribution in [0.3, 0.4) is 0 Å². The summed E-state index contributed by atoms with van der Waals surface area (Å²) in [6.45, 7) is 2.63. The number of aromatic nitrogens is 2. The van der Waals surface area contributed by atoms with Crippen molar-refractivity contribution in [1.29, 1.82) is 0 Å². The molecule has 0 bridgehead atoms. The van der Waals surface area contributed by atoms with Crippen molar-refractivity contribution in [3.8, 4) is 0 Å². The summed E-state index contributed by atoms with van der Waals surface area (Å²) in [5, 5.41) is 6.34. The number of amides is 1. The third-order valence-corrected chi connectivity index (χ3v) is 3.03. The van der Waals surface area contributed by atoms with Gasteiger partial charge in [-0.1, -0.05) is 23.2 Å². The number of pyridine rings is 2. The molecule has 5 nitrogen and oxygen atoms in total. The fourth-order valence-electron chi connectivity index (χ4n) is 1.52. The van der Waals surface area contributed by atoms with Gasteiger partial charge in [0.05, 0.1) is 15.6 Å². The van der Waals surface area contributed by atoms with E-state index in [9.17, 15) is 4.79 Å². The van der Waals surface area contributed by atoms with Gasteiger partial charge in [0.15, 0.2) is 5.82 Å². The summed E-state index contributed by atoms with van der Waals surface area (Å²) < 4.78 is 0. The standard InChI is InChI=1S/C13H12Cl2N4O/c1-2-16-11-10(15)6-8(7-18-11)13(20)19-12-9(14)4-3-5-17-12/h3-7H,2H2,1H3,(H,16,18)(H,17,19,20). The Morgan fingerprint density at radius 3 is 2.70 bits per heavy atom. The smallest absolute Gasteiger partial charge is 0.258 e. The van der Waals surface area contributed by atoms with E-state index in [1.54, 1.807) is 24.4 Å². The molecule has 2 aromatic heterocycles. The number of carbonyl (C=O) groups excluding carboxylic acids is 1. The van der Waals surface area contributed by atoms with Gasteiger partial charge in [0.25, 0.3) is 5.91 Å². The van der Waals surface area contributed by atoms with Crippen molar-refractivity contribution in [3.05, 3.63) is 46.2 Å². The number of hydrogen-bond donors (Lipinski definition) is 2. The van der Waals surface area contributed by atoms with Crippen LogP contribution in [0, 0.1) is 0 Å². The van der Waals surface area contributed by atoms with Gasteiger partial charge >= 0.3 is 0 Å². The summed E-state index contributed by atoms with van der Waals surface area (Å²) >= 11 is 12.0. The van der Waals surface area contributed by atoms with E-state index in [0.29, 0.717) is 33.8 Å². The molecule has 2 heterocycles. The quantitative estimate of drug-likeness (QED) is 0.907. The number of anilines is 2. The third kappa shape index (κ3) is 3.37. The molecule has 0 aliphatic carbocycles. The van der Waals surface area contributed by atoms with E-state index in [0.717, 1.165) is 0 Å². The van der Waals surface area contributed by atoms with Crippen LogP contribution in [0.25, 0.3) is 0 Å². The van der Waals surface area contributed by atoms with Gasteiger partial charge in [-0.15, -0.1) is 0 Å². The van der Waals surface area contributed by atoms with Gasteiger partial charge in [-0.3, -0.25) is 4.79 Å². The van der Waals surface area contributed by atoms with Crippen molar-refractivity contribution < 1.29 is 4.79 Å². The minimum atomic E-state index is -0.372. The van der Waals surface area contributed by atoms with Crippen LogP contribution in [-0.2, 0) is 0 Å². The molecule has 2 rings (SSSR count). The number of hydrogen-bond acceptors (Lipinski definition) is 4. The minimum absolute atomic E-state index is 0.297. The van der Waals surface area contributed by atoms with Gasteiger partial charge in [0.2, 0.25) is 0 Å². The molecule has 0 atom stereocenters. The predicted molar refractivity (Wildman–Crippen MR) is 80.6 cm³/mol. The molecule has 0 aliphatic heterocycles. The van der Waals surface area contributed by atoms with Gasteiger partial charge in [0, 0.05) is 18.9 Å². The Labute approximate surface area is 126 Å². The molecule has 0 saturated heterocycles. The normalized spacial score (nSPS) is 10.2. The number of nitrogens with zero attached hydrogens (tertiary/aromatic N) is 2. The topological polar surface area (TPSA) is 66.9 Å². The molecule has 2 N–H and O–H groups in total. The SMILES string of the molecule is CCNc1ncc(C(=O)Nc2ncccc2Cl)cc1Cl. The maximum Gasteiger partial charge on any atom is 0.258 e. The van der Waals surface area contributed by atoms with Crippen LogP contribution in [0.15, 0.2) is 30.6 Å². The highest BCUT2D eigenvalue weighted by molar-refractivity contribution is 6.34. The summed E-state index contributed by atoms with van der Waals surface area (Å²) in [6.07, 6.45) is 2.98. The number of nitrogens with one attached hydrogen (secondary N) is 2. The average molecular weight is 311 g/mol. The lowest BCUT2D eigenvalue weighted by Gasteiger charge is -2.08. The first-order chi connectivity index (χ1) is 9.61. The van der Waals surface area contributed by atoms with Crippen molar-refractivity contribution in [3.63, 3.8) is 0 Å². The van der Waals surface area contributed by atoms with Crippen molar-refractivity contribution >= 4 is 40.7 Å². The van der Waals surface area contributed by atoms with Crippen LogP contribution < -0.4 is 10.6 Å². The van der Waals surface area contributed by atoms with E-state index >= 15 is 0 Å². The molecule has 0 saturated carbocycles. The monoisotopic (exact) mass is 310 g/mol. The van der Waals surface area contributed by atoms with Crippen molar-refractivity contribution in [2.45, 2.75) is 6.92 Å². The molecule has 0 unspecified atom stereocenters. The zero-order valence-corrected chi connectivity index (χ0v) is 12.2. The second-order valence-corrected chi connectivity index (χ2v) is 4.69. The highest BCUT2D eigenvalue weighted by atomic mass is 35.5. The Kier molecular flexibility index (Phi) is 4.76. The zero-order valence-electron chi connectivity index (χ0n) is 10.7. The molecule has 0 radical (unpaired) electrons. The van der Waals surface area contributed by atoms with E-state index in [2.05, 4.69) is 20.6 Å². The van der Waals surface area contributed by atoms with E-state index in [1.807, 2.05) is 6.92 Å². The van der Waals surface area contributed by atoms with Gasteiger partial charge in [0.1, 0.15) is 5.82 Å². The Hall–Kier alpha value is -1.85. The lowest BCUT2D eigenvalue weighted by Crippen LogP contribution is -2.14. The molecule has 0 aliphatic rings. The maximum atomic E-state index is 12.1. The van der Waals surface area contributed by atoms with Gasteiger partial charge in [-0.25, -0.2) is 9.97 Å². The van der Waals surface area contributed by atoms with E-state index in [1.165, 1.54) is 6.20 Å².